The maximum atomic E-state index is 12.2. The Labute approximate surface area is 136 Å². The van der Waals surface area contributed by atoms with E-state index in [0.717, 1.165) is 19.3 Å². The second kappa shape index (κ2) is 6.66. The molecule has 6 nitrogen and oxygen atoms in total. The Kier molecular flexibility index (Phi) is 5.04. The summed E-state index contributed by atoms with van der Waals surface area (Å²) < 4.78 is 0. The summed E-state index contributed by atoms with van der Waals surface area (Å²) in [5.74, 6) is -0.268. The molecule has 1 fully saturated rings. The van der Waals surface area contributed by atoms with Crippen LogP contribution < -0.4 is 5.32 Å². The fourth-order valence-electron chi connectivity index (χ4n) is 3.04. The predicted molar refractivity (Wildman–Crippen MR) is 87.5 cm³/mol. The van der Waals surface area contributed by atoms with E-state index in [0.29, 0.717) is 12.1 Å². The Morgan fingerprint density at radius 2 is 2.09 bits per heavy atom. The van der Waals surface area contributed by atoms with Crippen LogP contribution in [0.1, 0.15) is 56.0 Å². The first-order chi connectivity index (χ1) is 10.7. The molecule has 1 amide bonds. The first kappa shape index (κ1) is 17.4. The van der Waals surface area contributed by atoms with Crippen LogP contribution in [0.2, 0.25) is 0 Å². The van der Waals surface area contributed by atoms with Crippen molar-refractivity contribution in [2.75, 3.05) is 6.54 Å². The maximum absolute atomic E-state index is 12.2. The zero-order chi connectivity index (χ0) is 17.2. The number of nitrogens with zero attached hydrogens (tertiary/aromatic N) is 1. The van der Waals surface area contributed by atoms with Gasteiger partial charge in [-0.15, -0.1) is 0 Å². The molecule has 1 saturated carbocycles. The summed E-state index contributed by atoms with van der Waals surface area (Å²) in [4.78, 5) is 23.1. The van der Waals surface area contributed by atoms with Crippen molar-refractivity contribution in [1.29, 1.82) is 0 Å². The Morgan fingerprint density at radius 3 is 2.61 bits per heavy atom. The number of nitrogens with one attached hydrogen (secondary N) is 1. The molecule has 1 aliphatic rings. The van der Waals surface area contributed by atoms with Crippen molar-refractivity contribution < 1.29 is 14.8 Å². The maximum Gasteiger partial charge on any atom is 0.273 e. The predicted octanol–water partition coefficient (Wildman–Crippen LogP) is 2.78. The third-order valence-corrected chi connectivity index (χ3v) is 4.41. The van der Waals surface area contributed by atoms with Gasteiger partial charge in [-0.1, -0.05) is 33.3 Å². The lowest BCUT2D eigenvalue weighted by atomic mass is 9.85. The number of benzene rings is 1. The van der Waals surface area contributed by atoms with Crippen LogP contribution in [0.15, 0.2) is 18.2 Å². The minimum atomic E-state index is -0.446. The van der Waals surface area contributed by atoms with Crippen molar-refractivity contribution in [2.24, 2.45) is 5.92 Å². The van der Waals surface area contributed by atoms with E-state index in [9.17, 15) is 20.0 Å². The summed E-state index contributed by atoms with van der Waals surface area (Å²) in [5, 5.41) is 23.8. The number of carbonyl (C=O) groups is 1. The SMILES string of the molecule is CC(C)(C)c1ccc(C(=O)NCC2CCCC2O)cc1[N+](=O)[O-]. The zero-order valence-corrected chi connectivity index (χ0v) is 13.8. The van der Waals surface area contributed by atoms with E-state index in [1.165, 1.54) is 6.07 Å². The first-order valence-corrected chi connectivity index (χ1v) is 7.95. The molecule has 2 atom stereocenters. The van der Waals surface area contributed by atoms with Crippen molar-refractivity contribution >= 4 is 11.6 Å². The minimum Gasteiger partial charge on any atom is -0.393 e. The number of amides is 1. The van der Waals surface area contributed by atoms with Crippen LogP contribution in [0.5, 0.6) is 0 Å². The molecule has 6 heteroatoms. The van der Waals surface area contributed by atoms with E-state index >= 15 is 0 Å². The number of nitro benzene ring substituents is 1. The van der Waals surface area contributed by atoms with Gasteiger partial charge in [-0.3, -0.25) is 14.9 Å². The van der Waals surface area contributed by atoms with Crippen LogP contribution in [0.25, 0.3) is 0 Å². The largest absolute Gasteiger partial charge is 0.393 e. The first-order valence-electron chi connectivity index (χ1n) is 7.95. The number of carbonyl (C=O) groups excluding carboxylic acids is 1. The number of aliphatic hydroxyl groups is 1. The fraction of sp³-hybridized carbons (Fsp3) is 0.588. The van der Waals surface area contributed by atoms with E-state index < -0.39 is 4.92 Å². The lowest BCUT2D eigenvalue weighted by Crippen LogP contribution is -2.32. The summed E-state index contributed by atoms with van der Waals surface area (Å²) in [6.07, 6.45) is 2.26. The Balaban J connectivity index is 2.14. The molecule has 1 aromatic rings. The highest BCUT2D eigenvalue weighted by Crippen LogP contribution is 2.32. The van der Waals surface area contributed by atoms with Crippen LogP contribution in [-0.4, -0.2) is 28.6 Å². The lowest BCUT2D eigenvalue weighted by Gasteiger charge is -2.19. The van der Waals surface area contributed by atoms with Gasteiger partial charge in [-0.2, -0.15) is 0 Å². The van der Waals surface area contributed by atoms with E-state index in [1.807, 2.05) is 20.8 Å². The minimum absolute atomic E-state index is 0.0361. The smallest absolute Gasteiger partial charge is 0.273 e. The van der Waals surface area contributed by atoms with E-state index in [-0.39, 0.29) is 34.6 Å². The average molecular weight is 320 g/mol. The molecule has 2 rings (SSSR count). The summed E-state index contributed by atoms with van der Waals surface area (Å²) in [7, 11) is 0. The quantitative estimate of drug-likeness (QED) is 0.659. The van der Waals surface area contributed by atoms with Crippen molar-refractivity contribution in [3.05, 3.63) is 39.4 Å². The lowest BCUT2D eigenvalue weighted by molar-refractivity contribution is -0.386. The number of rotatable bonds is 4. The van der Waals surface area contributed by atoms with Gasteiger partial charge in [0.1, 0.15) is 0 Å². The highest BCUT2D eigenvalue weighted by molar-refractivity contribution is 5.95. The van der Waals surface area contributed by atoms with E-state index in [2.05, 4.69) is 5.32 Å². The molecule has 0 aliphatic heterocycles. The monoisotopic (exact) mass is 320 g/mol. The van der Waals surface area contributed by atoms with Crippen molar-refractivity contribution in [1.82, 2.24) is 5.32 Å². The number of hydrogen-bond donors (Lipinski definition) is 2. The Hall–Kier alpha value is -1.95. The Bertz CT molecular complexity index is 607. The second-order valence-corrected chi connectivity index (χ2v) is 7.21. The molecule has 0 heterocycles. The number of aliphatic hydroxyl groups excluding tert-OH is 1. The molecule has 126 valence electrons. The normalized spacial score (nSPS) is 21.2. The molecule has 2 unspecified atom stereocenters. The summed E-state index contributed by atoms with van der Waals surface area (Å²) in [6, 6.07) is 4.60. The van der Waals surface area contributed by atoms with Gasteiger partial charge in [0, 0.05) is 29.7 Å². The molecule has 1 aromatic carbocycles. The van der Waals surface area contributed by atoms with Gasteiger partial charge in [-0.25, -0.2) is 0 Å². The second-order valence-electron chi connectivity index (χ2n) is 7.21. The van der Waals surface area contributed by atoms with Gasteiger partial charge < -0.3 is 10.4 Å². The standard InChI is InChI=1S/C17H24N2O4/c1-17(2,3)13-8-7-11(9-14(13)19(22)23)16(21)18-10-12-5-4-6-15(12)20/h7-9,12,15,20H,4-6,10H2,1-3H3,(H,18,21). The molecule has 2 N–H and O–H groups in total. The average Bonchev–Trinajstić information content (AvgIpc) is 2.88. The van der Waals surface area contributed by atoms with Crippen molar-refractivity contribution in [3.8, 4) is 0 Å². The van der Waals surface area contributed by atoms with E-state index in [4.69, 9.17) is 0 Å². The summed E-state index contributed by atoms with van der Waals surface area (Å²) in [5.41, 5.74) is 0.472. The molecule has 0 bridgehead atoms. The molecule has 0 saturated heterocycles. The van der Waals surface area contributed by atoms with Crippen molar-refractivity contribution in [3.63, 3.8) is 0 Å². The third kappa shape index (κ3) is 4.07. The Morgan fingerprint density at radius 1 is 1.39 bits per heavy atom. The molecule has 0 spiro atoms. The molecule has 23 heavy (non-hydrogen) atoms. The molecule has 0 radical (unpaired) electrons. The number of hydrogen-bond acceptors (Lipinski definition) is 4. The molecular weight excluding hydrogens is 296 g/mol. The third-order valence-electron chi connectivity index (χ3n) is 4.41. The van der Waals surface area contributed by atoms with Crippen molar-refractivity contribution in [2.45, 2.75) is 51.6 Å². The van der Waals surface area contributed by atoms with Gasteiger partial charge in [-0.05, 0) is 24.3 Å². The van der Waals surface area contributed by atoms with Crippen LogP contribution in [-0.2, 0) is 5.41 Å². The van der Waals surface area contributed by atoms with Gasteiger partial charge >= 0.3 is 0 Å². The highest BCUT2D eigenvalue weighted by atomic mass is 16.6. The fourth-order valence-corrected chi connectivity index (χ4v) is 3.04. The van der Waals surface area contributed by atoms with Crippen LogP contribution >= 0.6 is 0 Å². The number of nitro groups is 1. The molecule has 1 aliphatic carbocycles. The zero-order valence-electron chi connectivity index (χ0n) is 13.8. The summed E-state index contributed by atoms with van der Waals surface area (Å²) in [6.45, 7) is 6.10. The molecule has 0 aromatic heterocycles. The van der Waals surface area contributed by atoms with Gasteiger partial charge in [0.2, 0.25) is 0 Å². The van der Waals surface area contributed by atoms with Gasteiger partial charge in [0.15, 0.2) is 0 Å². The van der Waals surface area contributed by atoms with Crippen LogP contribution in [0.4, 0.5) is 5.69 Å². The molecular formula is C17H24N2O4. The van der Waals surface area contributed by atoms with E-state index in [1.54, 1.807) is 12.1 Å². The summed E-state index contributed by atoms with van der Waals surface area (Å²) >= 11 is 0. The van der Waals surface area contributed by atoms with Crippen LogP contribution in [0, 0.1) is 16.0 Å². The van der Waals surface area contributed by atoms with Gasteiger partial charge in [0.05, 0.1) is 11.0 Å². The highest BCUT2D eigenvalue weighted by Gasteiger charge is 2.27. The van der Waals surface area contributed by atoms with Crippen LogP contribution in [0.3, 0.4) is 0 Å². The van der Waals surface area contributed by atoms with Gasteiger partial charge in [0.25, 0.3) is 11.6 Å². The topological polar surface area (TPSA) is 92.5 Å².